The largest absolute Gasteiger partial charge is 0.493 e. The molecule has 0 aromatic heterocycles. The third-order valence-electron chi connectivity index (χ3n) is 4.29. The van der Waals surface area contributed by atoms with Crippen molar-refractivity contribution in [3.8, 4) is 11.5 Å². The second-order valence-corrected chi connectivity index (χ2v) is 8.12. The third-order valence-corrected chi connectivity index (χ3v) is 5.69. The molecule has 0 saturated carbocycles. The zero-order valence-electron chi connectivity index (χ0n) is 17.0. The van der Waals surface area contributed by atoms with Gasteiger partial charge in [0.15, 0.2) is 11.5 Å². The maximum Gasteiger partial charge on any atom is 0.261 e. The van der Waals surface area contributed by atoms with Crippen LogP contribution in [-0.4, -0.2) is 28.5 Å². The fourth-order valence-corrected chi connectivity index (χ4v) is 3.81. The molecule has 3 rings (SSSR count). The molecule has 0 fully saturated rings. The molecule has 0 aliphatic rings. The highest BCUT2D eigenvalue weighted by atomic mass is 32.2. The maximum atomic E-state index is 12.5. The van der Waals surface area contributed by atoms with Gasteiger partial charge in [-0.1, -0.05) is 24.3 Å². The van der Waals surface area contributed by atoms with Crippen LogP contribution in [0.15, 0.2) is 83.8 Å². The van der Waals surface area contributed by atoms with Gasteiger partial charge in [-0.05, 0) is 60.2 Å². The molecule has 2 N–H and O–H groups in total. The molecule has 3 aromatic carbocycles. The average Bonchev–Trinajstić information content (AvgIpc) is 2.78. The van der Waals surface area contributed by atoms with Gasteiger partial charge in [0.25, 0.3) is 10.0 Å². The van der Waals surface area contributed by atoms with Crippen LogP contribution < -0.4 is 19.5 Å². The predicted molar refractivity (Wildman–Crippen MR) is 121 cm³/mol. The highest BCUT2D eigenvalue weighted by Gasteiger charge is 2.14. The molecule has 0 atom stereocenters. The first-order valence-corrected chi connectivity index (χ1v) is 10.8. The molecule has 0 unspecified atom stereocenters. The summed E-state index contributed by atoms with van der Waals surface area (Å²) in [7, 11) is -0.626. The fraction of sp³-hybridized carbons (Fsp3) is 0.0870. The molecule has 0 heterocycles. The Bertz CT molecular complexity index is 1170. The van der Waals surface area contributed by atoms with Gasteiger partial charge in [-0.2, -0.15) is 0 Å². The normalized spacial score (nSPS) is 11.2. The highest BCUT2D eigenvalue weighted by Crippen LogP contribution is 2.28. The van der Waals surface area contributed by atoms with Crippen LogP contribution in [0, 0.1) is 0 Å². The van der Waals surface area contributed by atoms with E-state index in [0.717, 1.165) is 5.56 Å². The molecule has 0 aliphatic carbocycles. The summed E-state index contributed by atoms with van der Waals surface area (Å²) in [5.74, 6) is 0.805. The number of nitrogens with one attached hydrogen (secondary N) is 2. The van der Waals surface area contributed by atoms with Crippen LogP contribution in [0.3, 0.4) is 0 Å². The lowest BCUT2D eigenvalue weighted by molar-refractivity contribution is -0.111. The van der Waals surface area contributed by atoms with Gasteiger partial charge in [0.05, 0.1) is 19.1 Å². The van der Waals surface area contributed by atoms with Crippen molar-refractivity contribution in [3.63, 3.8) is 0 Å². The Balaban J connectivity index is 1.64. The number of para-hydroxylation sites is 1. The van der Waals surface area contributed by atoms with Gasteiger partial charge in [-0.15, -0.1) is 0 Å². The minimum Gasteiger partial charge on any atom is -0.493 e. The summed E-state index contributed by atoms with van der Waals surface area (Å²) in [5, 5.41) is 2.69. The van der Waals surface area contributed by atoms with E-state index in [4.69, 9.17) is 9.47 Å². The van der Waals surface area contributed by atoms with E-state index in [0.29, 0.717) is 22.9 Å². The van der Waals surface area contributed by atoms with Crippen molar-refractivity contribution < 1.29 is 22.7 Å². The molecule has 0 aliphatic heterocycles. The predicted octanol–water partition coefficient (Wildman–Crippen LogP) is 4.16. The smallest absolute Gasteiger partial charge is 0.261 e. The summed E-state index contributed by atoms with van der Waals surface area (Å²) < 4.78 is 37.9. The van der Waals surface area contributed by atoms with E-state index in [2.05, 4.69) is 10.0 Å². The molecule has 0 bridgehead atoms. The minimum absolute atomic E-state index is 0.0928. The molecule has 0 saturated heterocycles. The summed E-state index contributed by atoms with van der Waals surface area (Å²) in [6.45, 7) is 0. The maximum absolute atomic E-state index is 12.5. The van der Waals surface area contributed by atoms with E-state index in [1.165, 1.54) is 37.5 Å². The summed E-state index contributed by atoms with van der Waals surface area (Å²) in [6.07, 6.45) is 3.02. The van der Waals surface area contributed by atoms with E-state index >= 15 is 0 Å². The van der Waals surface area contributed by atoms with Crippen LogP contribution >= 0.6 is 0 Å². The van der Waals surface area contributed by atoms with E-state index in [1.54, 1.807) is 61.7 Å². The van der Waals surface area contributed by atoms with E-state index in [-0.39, 0.29) is 10.8 Å². The van der Waals surface area contributed by atoms with Crippen molar-refractivity contribution in [2.45, 2.75) is 4.90 Å². The number of methoxy groups -OCH3 is 2. The molecule has 3 aromatic rings. The van der Waals surface area contributed by atoms with Gasteiger partial charge >= 0.3 is 0 Å². The Morgan fingerprint density at radius 3 is 2.16 bits per heavy atom. The Kier molecular flexibility index (Phi) is 6.94. The third kappa shape index (κ3) is 5.86. The lowest BCUT2D eigenvalue weighted by atomic mass is 10.2. The topological polar surface area (TPSA) is 93.7 Å². The number of benzene rings is 3. The summed E-state index contributed by atoms with van der Waals surface area (Å²) >= 11 is 0. The summed E-state index contributed by atoms with van der Waals surface area (Å²) in [5.41, 5.74) is 1.71. The molecular weight excluding hydrogens is 416 g/mol. The zero-order valence-corrected chi connectivity index (χ0v) is 17.8. The van der Waals surface area contributed by atoms with Gasteiger partial charge in [0, 0.05) is 17.5 Å². The molecule has 160 valence electrons. The molecule has 8 heteroatoms. The second-order valence-electron chi connectivity index (χ2n) is 6.43. The first-order chi connectivity index (χ1) is 14.9. The quantitative estimate of drug-likeness (QED) is 0.515. The summed E-state index contributed by atoms with van der Waals surface area (Å²) in [6, 6.07) is 19.8. The number of hydrogen-bond acceptors (Lipinski definition) is 5. The lowest BCUT2D eigenvalue weighted by Gasteiger charge is -2.09. The van der Waals surface area contributed by atoms with Crippen molar-refractivity contribution >= 4 is 33.4 Å². The van der Waals surface area contributed by atoms with E-state index in [1.807, 2.05) is 0 Å². The van der Waals surface area contributed by atoms with Gasteiger partial charge in [0.2, 0.25) is 5.91 Å². The molecule has 31 heavy (non-hydrogen) atoms. The zero-order chi connectivity index (χ0) is 22.3. The van der Waals surface area contributed by atoms with Gasteiger partial charge in [0.1, 0.15) is 0 Å². The van der Waals surface area contributed by atoms with Crippen molar-refractivity contribution in [3.05, 3.63) is 84.4 Å². The molecule has 0 spiro atoms. The Hall–Kier alpha value is -3.78. The Morgan fingerprint density at radius 2 is 1.52 bits per heavy atom. The highest BCUT2D eigenvalue weighted by molar-refractivity contribution is 7.92. The number of rotatable bonds is 8. The Morgan fingerprint density at radius 1 is 0.839 bits per heavy atom. The minimum atomic E-state index is -3.72. The molecular formula is C23H22N2O5S. The molecule has 1 amide bonds. The van der Waals surface area contributed by atoms with Crippen molar-refractivity contribution in [2.24, 2.45) is 0 Å². The number of carbonyl (C=O) groups is 1. The van der Waals surface area contributed by atoms with Crippen molar-refractivity contribution in [2.75, 3.05) is 24.3 Å². The van der Waals surface area contributed by atoms with Crippen LogP contribution in [-0.2, 0) is 14.8 Å². The summed E-state index contributed by atoms with van der Waals surface area (Å²) in [4.78, 5) is 12.3. The number of anilines is 2. The SMILES string of the molecule is COc1ccc(C=CC(=O)Nc2ccc(S(=O)(=O)Nc3ccccc3)cc2)cc1OC. The van der Waals surface area contributed by atoms with Crippen molar-refractivity contribution in [1.82, 2.24) is 0 Å². The molecule has 7 nitrogen and oxygen atoms in total. The lowest BCUT2D eigenvalue weighted by Crippen LogP contribution is -2.13. The number of hydrogen-bond donors (Lipinski definition) is 2. The van der Waals surface area contributed by atoms with Crippen LogP contribution in [0.2, 0.25) is 0 Å². The van der Waals surface area contributed by atoms with E-state index < -0.39 is 10.0 Å². The average molecular weight is 439 g/mol. The van der Waals surface area contributed by atoms with E-state index in [9.17, 15) is 13.2 Å². The number of ether oxygens (including phenoxy) is 2. The Labute approximate surface area is 181 Å². The number of amides is 1. The van der Waals surface area contributed by atoms with Crippen LogP contribution in [0.5, 0.6) is 11.5 Å². The standard InChI is InChI=1S/C23H22N2O5S/c1-29-21-14-8-17(16-22(21)30-2)9-15-23(26)24-18-10-12-20(13-11-18)31(27,28)25-19-6-4-3-5-7-19/h3-16,25H,1-2H3,(H,24,26). The number of carbonyl (C=O) groups excluding carboxylic acids is 1. The second kappa shape index (κ2) is 9.82. The first-order valence-electron chi connectivity index (χ1n) is 9.30. The van der Waals surface area contributed by atoms with Gasteiger partial charge in [-0.3, -0.25) is 9.52 Å². The number of sulfonamides is 1. The fourth-order valence-electron chi connectivity index (χ4n) is 2.75. The van der Waals surface area contributed by atoms with Crippen LogP contribution in [0.1, 0.15) is 5.56 Å². The first kappa shape index (κ1) is 21.9. The van der Waals surface area contributed by atoms with Crippen LogP contribution in [0.4, 0.5) is 11.4 Å². The van der Waals surface area contributed by atoms with Gasteiger partial charge in [-0.25, -0.2) is 8.42 Å². The monoisotopic (exact) mass is 438 g/mol. The van der Waals surface area contributed by atoms with Crippen molar-refractivity contribution in [1.29, 1.82) is 0 Å². The van der Waals surface area contributed by atoms with Crippen LogP contribution in [0.25, 0.3) is 6.08 Å². The molecule has 0 radical (unpaired) electrons. The van der Waals surface area contributed by atoms with Gasteiger partial charge < -0.3 is 14.8 Å².